The number of benzene rings is 1. The van der Waals surface area contributed by atoms with Gasteiger partial charge in [0.15, 0.2) is 0 Å². The normalized spacial score (nSPS) is 23.9. The minimum absolute atomic E-state index is 0.0417. The zero-order valence-corrected chi connectivity index (χ0v) is 19.5. The largest absolute Gasteiger partial charge is 0.416 e. The number of alkyl halides is 3. The fourth-order valence-electron chi connectivity index (χ4n) is 4.63. The molecule has 11 heteroatoms. The van der Waals surface area contributed by atoms with Crippen LogP contribution < -0.4 is 10.6 Å². The fraction of sp³-hybridized carbons (Fsp3) is 0.522. The van der Waals surface area contributed by atoms with Gasteiger partial charge in [-0.15, -0.1) is 11.3 Å². The van der Waals surface area contributed by atoms with E-state index in [4.69, 9.17) is 0 Å². The number of carbonyl (C=O) groups excluding carboxylic acids is 2. The van der Waals surface area contributed by atoms with Gasteiger partial charge in [0.2, 0.25) is 5.91 Å². The molecule has 184 valence electrons. The molecule has 1 aliphatic carbocycles. The van der Waals surface area contributed by atoms with Crippen molar-refractivity contribution in [1.29, 1.82) is 0 Å². The van der Waals surface area contributed by atoms with E-state index in [1.54, 1.807) is 6.20 Å². The Kier molecular flexibility index (Phi) is 6.97. The molecule has 1 saturated carbocycles. The van der Waals surface area contributed by atoms with E-state index in [2.05, 4.69) is 20.5 Å². The number of nitrogens with zero attached hydrogens (tertiary/aromatic N) is 2. The first-order valence-corrected chi connectivity index (χ1v) is 12.0. The zero-order chi connectivity index (χ0) is 24.5. The van der Waals surface area contributed by atoms with Crippen molar-refractivity contribution in [3.63, 3.8) is 0 Å². The Balaban J connectivity index is 1.19. The molecule has 1 aromatic heterocycles. The number of thiazole rings is 1. The van der Waals surface area contributed by atoms with Crippen LogP contribution in [0.1, 0.15) is 52.2 Å². The number of rotatable bonds is 6. The summed E-state index contributed by atoms with van der Waals surface area (Å²) in [4.78, 5) is 31.0. The minimum atomic E-state index is -4.55. The third-order valence-electron chi connectivity index (χ3n) is 6.48. The number of carbonyl (C=O) groups is 2. The van der Waals surface area contributed by atoms with E-state index in [9.17, 15) is 27.9 Å². The maximum Gasteiger partial charge on any atom is 0.416 e. The smallest absolute Gasteiger partial charge is 0.383 e. The molecule has 7 nitrogen and oxygen atoms in total. The Morgan fingerprint density at radius 1 is 1.24 bits per heavy atom. The van der Waals surface area contributed by atoms with Gasteiger partial charge in [0.25, 0.3) is 5.91 Å². The van der Waals surface area contributed by atoms with Gasteiger partial charge in [0, 0.05) is 36.3 Å². The predicted octanol–water partition coefficient (Wildman–Crippen LogP) is 2.83. The molecule has 0 radical (unpaired) electrons. The molecule has 34 heavy (non-hydrogen) atoms. The molecule has 2 aromatic rings. The lowest BCUT2D eigenvalue weighted by Crippen LogP contribution is -2.63. The van der Waals surface area contributed by atoms with Gasteiger partial charge in [0.05, 0.1) is 18.2 Å². The quantitative estimate of drug-likeness (QED) is 0.572. The highest BCUT2D eigenvalue weighted by atomic mass is 32.1. The number of likely N-dealkylation sites (tertiary alicyclic amines) is 1. The van der Waals surface area contributed by atoms with Crippen LogP contribution in [-0.4, -0.2) is 58.5 Å². The highest BCUT2D eigenvalue weighted by molar-refractivity contribution is 7.09. The predicted molar refractivity (Wildman–Crippen MR) is 120 cm³/mol. The molecule has 2 aliphatic rings. The van der Waals surface area contributed by atoms with Crippen LogP contribution in [-0.2, 0) is 16.6 Å². The van der Waals surface area contributed by atoms with Crippen molar-refractivity contribution in [2.45, 2.75) is 56.5 Å². The Labute approximate surface area is 199 Å². The average molecular weight is 497 g/mol. The van der Waals surface area contributed by atoms with Crippen LogP contribution in [0.5, 0.6) is 0 Å². The molecule has 4 rings (SSSR count). The van der Waals surface area contributed by atoms with Crippen molar-refractivity contribution in [2.75, 3.05) is 19.6 Å². The van der Waals surface area contributed by atoms with Crippen molar-refractivity contribution in [2.24, 2.45) is 0 Å². The van der Waals surface area contributed by atoms with Gasteiger partial charge in [0.1, 0.15) is 10.6 Å². The van der Waals surface area contributed by atoms with Crippen molar-refractivity contribution in [3.05, 3.63) is 51.5 Å². The van der Waals surface area contributed by atoms with Crippen molar-refractivity contribution in [1.82, 2.24) is 20.5 Å². The second-order valence-electron chi connectivity index (χ2n) is 9.09. The van der Waals surface area contributed by atoms with E-state index in [0.29, 0.717) is 37.5 Å². The molecule has 0 atom stereocenters. The number of nitrogens with one attached hydrogen (secondary N) is 2. The van der Waals surface area contributed by atoms with Gasteiger partial charge in [-0.1, -0.05) is 0 Å². The van der Waals surface area contributed by atoms with Crippen LogP contribution in [0.2, 0.25) is 0 Å². The van der Waals surface area contributed by atoms with Crippen molar-refractivity contribution >= 4 is 23.2 Å². The number of hydrogen-bond acceptors (Lipinski definition) is 6. The fourth-order valence-corrected chi connectivity index (χ4v) is 5.43. The summed E-state index contributed by atoms with van der Waals surface area (Å²) in [6.45, 7) is 2.54. The van der Waals surface area contributed by atoms with E-state index in [1.807, 2.05) is 5.38 Å². The molecule has 3 N–H and O–H groups in total. The minimum Gasteiger partial charge on any atom is -0.383 e. The van der Waals surface area contributed by atoms with Gasteiger partial charge in [-0.2, -0.15) is 13.2 Å². The standard InChI is InChI=1S/C23H27F3N4O3S/c1-14-8-15(10-16(9-14)23(24,25)26)20(32)28-11-19(31)29-17-12-30(13-17)18-2-4-22(33,5-3-18)21-27-6-7-34-21/h6-10,17-18,33H,2-5,11-13H2,1H3,(H,28,32)(H,29,31). The van der Waals surface area contributed by atoms with Crippen LogP contribution in [0.25, 0.3) is 0 Å². The van der Waals surface area contributed by atoms with E-state index in [0.717, 1.165) is 30.0 Å². The molecule has 1 aliphatic heterocycles. The summed E-state index contributed by atoms with van der Waals surface area (Å²) in [6.07, 6.45) is 0.161. The molecule has 0 unspecified atom stereocenters. The number of aryl methyl sites for hydroxylation is 1. The summed E-state index contributed by atoms with van der Waals surface area (Å²) in [6, 6.07) is 3.41. The first-order valence-electron chi connectivity index (χ1n) is 11.2. The van der Waals surface area contributed by atoms with Crippen LogP contribution in [0.4, 0.5) is 13.2 Å². The molecule has 2 amide bonds. The van der Waals surface area contributed by atoms with E-state index < -0.39 is 23.2 Å². The summed E-state index contributed by atoms with van der Waals surface area (Å²) in [5, 5.41) is 18.7. The van der Waals surface area contributed by atoms with Crippen molar-refractivity contribution in [3.8, 4) is 0 Å². The molecule has 1 saturated heterocycles. The Morgan fingerprint density at radius 2 is 1.94 bits per heavy atom. The van der Waals surface area contributed by atoms with Crippen LogP contribution in [0, 0.1) is 6.92 Å². The second kappa shape index (κ2) is 9.63. The number of hydrogen-bond donors (Lipinski definition) is 3. The highest BCUT2D eigenvalue weighted by Gasteiger charge is 2.41. The summed E-state index contributed by atoms with van der Waals surface area (Å²) in [5.41, 5.74) is -1.57. The van der Waals surface area contributed by atoms with E-state index >= 15 is 0 Å². The van der Waals surface area contributed by atoms with E-state index in [1.165, 1.54) is 24.3 Å². The Hall–Kier alpha value is -2.50. The molecular weight excluding hydrogens is 469 g/mol. The molecule has 2 fully saturated rings. The number of aliphatic hydroxyl groups is 1. The SMILES string of the molecule is Cc1cc(C(=O)NCC(=O)NC2CN(C3CCC(O)(c4nccs4)CC3)C2)cc(C(F)(F)F)c1. The van der Waals surface area contributed by atoms with Gasteiger partial charge in [-0.3, -0.25) is 14.5 Å². The van der Waals surface area contributed by atoms with Gasteiger partial charge >= 0.3 is 6.18 Å². The highest BCUT2D eigenvalue weighted by Crippen LogP contribution is 2.40. The van der Waals surface area contributed by atoms with Gasteiger partial charge < -0.3 is 15.7 Å². The van der Waals surface area contributed by atoms with Gasteiger partial charge in [-0.25, -0.2) is 4.98 Å². The average Bonchev–Trinajstić information content (AvgIpc) is 3.30. The third kappa shape index (κ3) is 5.59. The first kappa shape index (κ1) is 24.6. The molecule has 1 aromatic carbocycles. The molecule has 2 heterocycles. The second-order valence-corrected chi connectivity index (χ2v) is 9.98. The van der Waals surface area contributed by atoms with Crippen LogP contribution >= 0.6 is 11.3 Å². The summed E-state index contributed by atoms with van der Waals surface area (Å²) >= 11 is 1.47. The lowest BCUT2D eigenvalue weighted by molar-refractivity contribution is -0.137. The summed E-state index contributed by atoms with van der Waals surface area (Å²) in [5.74, 6) is -1.11. The zero-order valence-electron chi connectivity index (χ0n) is 18.7. The maximum absolute atomic E-state index is 13.0. The Bertz CT molecular complexity index is 1030. The van der Waals surface area contributed by atoms with Crippen molar-refractivity contribution < 1.29 is 27.9 Å². The van der Waals surface area contributed by atoms with Gasteiger partial charge in [-0.05, 0) is 56.4 Å². The summed E-state index contributed by atoms with van der Waals surface area (Å²) < 4.78 is 38.9. The maximum atomic E-state index is 13.0. The monoisotopic (exact) mass is 496 g/mol. The molecular formula is C23H27F3N4O3S. The lowest BCUT2D eigenvalue weighted by atomic mass is 9.81. The van der Waals surface area contributed by atoms with E-state index in [-0.39, 0.29) is 24.1 Å². The topological polar surface area (TPSA) is 94.6 Å². The number of aromatic nitrogens is 1. The molecule has 0 bridgehead atoms. The van der Waals surface area contributed by atoms with Crippen LogP contribution in [0.15, 0.2) is 29.8 Å². The Morgan fingerprint density at radius 3 is 2.56 bits per heavy atom. The number of amides is 2. The first-order chi connectivity index (χ1) is 16.0. The van der Waals surface area contributed by atoms with Crippen LogP contribution in [0.3, 0.4) is 0 Å². The summed E-state index contributed by atoms with van der Waals surface area (Å²) in [7, 11) is 0. The lowest BCUT2D eigenvalue weighted by Gasteiger charge is -2.47. The number of halogens is 3. The third-order valence-corrected chi connectivity index (χ3v) is 7.45. The molecule has 0 spiro atoms.